The van der Waals surface area contributed by atoms with Gasteiger partial charge in [-0.3, -0.25) is 5.41 Å². The smallest absolute Gasteiger partial charge is 0.250 e. The standard InChI is InChI=1S/C29H27N3O5S/c1-3-34-22-13-25(36-18-20-10-7-11-21(12-20)35-17-19-8-5-4-6-9-19)23-15-27(37-26(23)14-22)24-16-31-29(32-24)38-28(30)33-2/h4-16,30H,3,17-18H2,1-2H3,(H,31,32). The fourth-order valence-corrected chi connectivity index (χ4v) is 4.35. The van der Waals surface area contributed by atoms with E-state index in [1.165, 1.54) is 7.11 Å². The number of H-pyrrole nitrogens is 1. The summed E-state index contributed by atoms with van der Waals surface area (Å²) in [5.41, 5.74) is 3.40. The number of ether oxygens (including phenoxy) is 4. The maximum atomic E-state index is 7.68. The number of aromatic amines is 1. The highest BCUT2D eigenvalue weighted by Crippen LogP contribution is 2.37. The van der Waals surface area contributed by atoms with Crippen molar-refractivity contribution in [1.82, 2.24) is 9.97 Å². The van der Waals surface area contributed by atoms with Crippen LogP contribution in [-0.2, 0) is 18.0 Å². The van der Waals surface area contributed by atoms with Crippen LogP contribution in [-0.4, -0.2) is 28.9 Å². The van der Waals surface area contributed by atoms with Crippen molar-refractivity contribution in [3.8, 4) is 28.7 Å². The van der Waals surface area contributed by atoms with Gasteiger partial charge in [-0.2, -0.15) is 0 Å². The summed E-state index contributed by atoms with van der Waals surface area (Å²) in [7, 11) is 1.45. The molecule has 2 N–H and O–H groups in total. The lowest BCUT2D eigenvalue weighted by Gasteiger charge is -2.11. The Labute approximate surface area is 224 Å². The number of nitrogens with one attached hydrogen (secondary N) is 2. The van der Waals surface area contributed by atoms with Gasteiger partial charge in [0.05, 0.1) is 25.3 Å². The molecule has 0 unspecified atom stereocenters. The number of methoxy groups -OCH3 is 1. The van der Waals surface area contributed by atoms with Crippen LogP contribution in [0.5, 0.6) is 17.2 Å². The summed E-state index contributed by atoms with van der Waals surface area (Å²) >= 11 is 1.08. The summed E-state index contributed by atoms with van der Waals surface area (Å²) in [6, 6.07) is 23.6. The van der Waals surface area contributed by atoms with E-state index in [4.69, 9.17) is 28.8 Å². The largest absolute Gasteiger partial charge is 0.494 e. The maximum Gasteiger partial charge on any atom is 0.250 e. The molecule has 0 amide bonds. The number of thioether (sulfide) groups is 1. The third-order valence-electron chi connectivity index (χ3n) is 5.62. The molecule has 0 aliphatic heterocycles. The molecule has 2 heterocycles. The lowest BCUT2D eigenvalue weighted by molar-refractivity contribution is 0.295. The summed E-state index contributed by atoms with van der Waals surface area (Å²) in [6.07, 6.45) is 1.66. The zero-order chi connectivity index (χ0) is 26.3. The third-order valence-corrected chi connectivity index (χ3v) is 6.37. The fourth-order valence-electron chi connectivity index (χ4n) is 3.82. The highest BCUT2D eigenvalue weighted by molar-refractivity contribution is 8.13. The van der Waals surface area contributed by atoms with Crippen molar-refractivity contribution in [3.05, 3.63) is 90.1 Å². The summed E-state index contributed by atoms with van der Waals surface area (Å²) in [6.45, 7) is 3.30. The predicted molar refractivity (Wildman–Crippen MR) is 147 cm³/mol. The first-order chi connectivity index (χ1) is 18.6. The molecule has 0 saturated heterocycles. The molecule has 8 nitrogen and oxygen atoms in total. The molecule has 0 spiro atoms. The molecule has 2 aromatic heterocycles. The molecule has 0 aliphatic carbocycles. The second-order valence-corrected chi connectivity index (χ2v) is 9.24. The number of nitrogens with zero attached hydrogens (tertiary/aromatic N) is 1. The van der Waals surface area contributed by atoms with Gasteiger partial charge < -0.3 is 28.3 Å². The van der Waals surface area contributed by atoms with Crippen molar-refractivity contribution in [2.24, 2.45) is 0 Å². The van der Waals surface area contributed by atoms with E-state index in [0.717, 1.165) is 34.0 Å². The average Bonchev–Trinajstić information content (AvgIpc) is 3.59. The Morgan fingerprint density at radius 3 is 2.55 bits per heavy atom. The van der Waals surface area contributed by atoms with Gasteiger partial charge in [0.25, 0.3) is 5.23 Å². The quantitative estimate of drug-likeness (QED) is 0.113. The molecule has 5 rings (SSSR count). The van der Waals surface area contributed by atoms with Crippen LogP contribution in [0, 0.1) is 5.41 Å². The Bertz CT molecular complexity index is 1530. The first-order valence-corrected chi connectivity index (χ1v) is 12.9. The van der Waals surface area contributed by atoms with Crippen molar-refractivity contribution in [1.29, 1.82) is 5.41 Å². The Balaban J connectivity index is 1.35. The van der Waals surface area contributed by atoms with Gasteiger partial charge in [-0.15, -0.1) is 0 Å². The SMILES string of the molecule is CCOc1cc(OCc2cccc(OCc3ccccc3)c2)c2cc(-c3cnc(SC(=N)OC)[nH]3)oc2c1. The van der Waals surface area contributed by atoms with Crippen LogP contribution in [0.15, 0.2) is 88.6 Å². The minimum atomic E-state index is 0.0436. The molecule has 38 heavy (non-hydrogen) atoms. The maximum absolute atomic E-state index is 7.68. The average molecular weight is 530 g/mol. The van der Waals surface area contributed by atoms with Gasteiger partial charge in [0.15, 0.2) is 10.9 Å². The number of fused-ring (bicyclic) bond motifs is 1. The number of benzene rings is 3. The van der Waals surface area contributed by atoms with Crippen molar-refractivity contribution in [2.75, 3.05) is 13.7 Å². The van der Waals surface area contributed by atoms with Crippen LogP contribution in [0.25, 0.3) is 22.4 Å². The second-order valence-electron chi connectivity index (χ2n) is 8.28. The number of aromatic nitrogens is 2. The van der Waals surface area contributed by atoms with Crippen LogP contribution in [0.1, 0.15) is 18.1 Å². The second kappa shape index (κ2) is 11.8. The molecule has 0 aliphatic rings. The van der Waals surface area contributed by atoms with Crippen molar-refractivity contribution in [3.63, 3.8) is 0 Å². The molecule has 0 bridgehead atoms. The van der Waals surface area contributed by atoms with Crippen molar-refractivity contribution < 1.29 is 23.4 Å². The highest BCUT2D eigenvalue weighted by Gasteiger charge is 2.16. The van der Waals surface area contributed by atoms with Crippen LogP contribution >= 0.6 is 11.8 Å². The van der Waals surface area contributed by atoms with Crippen LogP contribution < -0.4 is 14.2 Å². The Hall–Kier alpha value is -4.37. The zero-order valence-electron chi connectivity index (χ0n) is 21.0. The van der Waals surface area contributed by atoms with E-state index in [0.29, 0.717) is 53.5 Å². The third kappa shape index (κ3) is 6.12. The van der Waals surface area contributed by atoms with Gasteiger partial charge >= 0.3 is 0 Å². The molecule has 5 aromatic rings. The first kappa shape index (κ1) is 25.3. The molecule has 0 radical (unpaired) electrons. The Morgan fingerprint density at radius 2 is 1.74 bits per heavy atom. The summed E-state index contributed by atoms with van der Waals surface area (Å²) < 4.78 is 29.0. The van der Waals surface area contributed by atoms with E-state index in [-0.39, 0.29) is 5.23 Å². The zero-order valence-corrected chi connectivity index (χ0v) is 21.8. The van der Waals surface area contributed by atoms with Gasteiger partial charge in [0.1, 0.15) is 41.7 Å². The summed E-state index contributed by atoms with van der Waals surface area (Å²) in [4.78, 5) is 7.45. The van der Waals surface area contributed by atoms with E-state index in [1.54, 1.807) is 6.20 Å². The number of hydrogen-bond donors (Lipinski definition) is 2. The molecular weight excluding hydrogens is 502 g/mol. The number of rotatable bonds is 10. The lowest BCUT2D eigenvalue weighted by Crippen LogP contribution is -1.99. The number of hydrogen-bond acceptors (Lipinski definition) is 8. The predicted octanol–water partition coefficient (Wildman–Crippen LogP) is 7.05. The summed E-state index contributed by atoms with van der Waals surface area (Å²) in [5.74, 6) is 2.68. The molecule has 3 aromatic carbocycles. The van der Waals surface area contributed by atoms with Gasteiger partial charge in [-0.25, -0.2) is 4.98 Å². The fraction of sp³-hybridized carbons (Fsp3) is 0.172. The van der Waals surface area contributed by atoms with Crippen LogP contribution in [0.2, 0.25) is 0 Å². The van der Waals surface area contributed by atoms with Gasteiger partial charge in [-0.05, 0) is 36.2 Å². The van der Waals surface area contributed by atoms with Gasteiger partial charge in [0.2, 0.25) is 0 Å². The normalized spacial score (nSPS) is 10.9. The monoisotopic (exact) mass is 529 g/mol. The molecule has 0 atom stereocenters. The Kier molecular flexibility index (Phi) is 7.84. The molecule has 0 saturated carbocycles. The molecule has 0 fully saturated rings. The molecule has 9 heteroatoms. The topological polar surface area (TPSA) is 103 Å². The van der Waals surface area contributed by atoms with E-state index in [9.17, 15) is 0 Å². The van der Waals surface area contributed by atoms with E-state index >= 15 is 0 Å². The van der Waals surface area contributed by atoms with Gasteiger partial charge in [-0.1, -0.05) is 42.5 Å². The van der Waals surface area contributed by atoms with E-state index in [1.807, 2.05) is 79.7 Å². The van der Waals surface area contributed by atoms with Gasteiger partial charge in [0, 0.05) is 23.9 Å². The van der Waals surface area contributed by atoms with Crippen LogP contribution in [0.3, 0.4) is 0 Å². The van der Waals surface area contributed by atoms with E-state index < -0.39 is 0 Å². The van der Waals surface area contributed by atoms with Crippen LogP contribution in [0.4, 0.5) is 0 Å². The van der Waals surface area contributed by atoms with E-state index in [2.05, 4.69) is 9.97 Å². The highest BCUT2D eigenvalue weighted by atomic mass is 32.2. The first-order valence-electron chi connectivity index (χ1n) is 12.1. The molecule has 194 valence electrons. The number of imidazole rings is 1. The lowest BCUT2D eigenvalue weighted by atomic mass is 10.2. The minimum Gasteiger partial charge on any atom is -0.494 e. The van der Waals surface area contributed by atoms with Crippen molar-refractivity contribution >= 4 is 28.0 Å². The minimum absolute atomic E-state index is 0.0436. The molecular formula is C29H27N3O5S. The Morgan fingerprint density at radius 1 is 0.921 bits per heavy atom. The summed E-state index contributed by atoms with van der Waals surface area (Å²) in [5, 5.41) is 9.07. The number of furan rings is 1. The van der Waals surface area contributed by atoms with Crippen molar-refractivity contribution in [2.45, 2.75) is 25.3 Å².